The Balaban J connectivity index is 1.63. The molecule has 1 aliphatic heterocycles. The van der Waals surface area contributed by atoms with E-state index in [2.05, 4.69) is 0 Å². The summed E-state index contributed by atoms with van der Waals surface area (Å²) in [6.07, 6.45) is 0.104. The number of methoxy groups -OCH3 is 2. The van der Waals surface area contributed by atoms with Crippen molar-refractivity contribution in [3.05, 3.63) is 95.1 Å². The van der Waals surface area contributed by atoms with Gasteiger partial charge in [0.15, 0.2) is 0 Å². The molecule has 0 unspecified atom stereocenters. The number of amides is 2. The Hall–Kier alpha value is -4.13. The highest BCUT2D eigenvalue weighted by Gasteiger charge is 2.33. The second-order valence-electron chi connectivity index (χ2n) is 7.56. The van der Waals surface area contributed by atoms with E-state index in [9.17, 15) is 14.4 Å². The largest absolute Gasteiger partial charge is 0.497 e. The van der Waals surface area contributed by atoms with Crippen LogP contribution in [-0.2, 0) is 14.4 Å². The maximum atomic E-state index is 12.5. The number of hydrogen-bond acceptors (Lipinski definition) is 6. The predicted molar refractivity (Wildman–Crippen MR) is 120 cm³/mol. The standard InChI is InChI=1S/C26H23NO6/c1-31-21-11-7-18(8-12-21)25(19-9-13-22(32-2)14-10-19)17-3-5-20(6-4-17)26(30)33-27-23(28)15-16-24(27)29/h3-14,25H,15-16H2,1-2H3. The Bertz CT molecular complexity index is 1090. The monoisotopic (exact) mass is 445 g/mol. The number of carbonyl (C=O) groups excluding carboxylic acids is 3. The molecule has 3 aromatic carbocycles. The highest BCUT2D eigenvalue weighted by Crippen LogP contribution is 2.34. The number of benzene rings is 3. The molecule has 0 aromatic heterocycles. The minimum Gasteiger partial charge on any atom is -0.497 e. The van der Waals surface area contributed by atoms with E-state index in [4.69, 9.17) is 14.3 Å². The zero-order valence-corrected chi connectivity index (χ0v) is 18.3. The van der Waals surface area contributed by atoms with Crippen LogP contribution < -0.4 is 9.47 Å². The van der Waals surface area contributed by atoms with E-state index in [-0.39, 0.29) is 24.3 Å². The number of ether oxygens (including phenoxy) is 2. The van der Waals surface area contributed by atoms with Crippen LogP contribution in [0.15, 0.2) is 72.8 Å². The van der Waals surface area contributed by atoms with Crippen LogP contribution in [0.4, 0.5) is 0 Å². The molecule has 0 saturated carbocycles. The average Bonchev–Trinajstić information content (AvgIpc) is 3.17. The molecule has 0 atom stereocenters. The molecule has 1 fully saturated rings. The molecule has 4 rings (SSSR count). The molecule has 3 aromatic rings. The van der Waals surface area contributed by atoms with Crippen LogP contribution in [0.1, 0.15) is 45.8 Å². The summed E-state index contributed by atoms with van der Waals surface area (Å²) in [5.41, 5.74) is 3.29. The van der Waals surface area contributed by atoms with Gasteiger partial charge in [0.25, 0.3) is 11.8 Å². The summed E-state index contributed by atoms with van der Waals surface area (Å²) in [7, 11) is 3.24. The van der Waals surface area contributed by atoms with Crippen molar-refractivity contribution in [2.75, 3.05) is 14.2 Å². The highest BCUT2D eigenvalue weighted by molar-refractivity contribution is 6.02. The van der Waals surface area contributed by atoms with Gasteiger partial charge in [0.2, 0.25) is 0 Å². The lowest BCUT2D eigenvalue weighted by molar-refractivity contribution is -0.172. The van der Waals surface area contributed by atoms with Gasteiger partial charge in [-0.3, -0.25) is 9.59 Å². The Morgan fingerprint density at radius 2 is 1.09 bits per heavy atom. The zero-order valence-electron chi connectivity index (χ0n) is 18.3. The first-order valence-corrected chi connectivity index (χ1v) is 10.5. The summed E-state index contributed by atoms with van der Waals surface area (Å²) in [6, 6.07) is 22.5. The molecular weight excluding hydrogens is 422 g/mol. The Labute approximate surface area is 191 Å². The van der Waals surface area contributed by atoms with Gasteiger partial charge in [-0.2, -0.15) is 0 Å². The van der Waals surface area contributed by atoms with Gasteiger partial charge < -0.3 is 14.3 Å². The van der Waals surface area contributed by atoms with Gasteiger partial charge in [0, 0.05) is 18.8 Å². The van der Waals surface area contributed by atoms with E-state index in [1.807, 2.05) is 60.7 Å². The summed E-state index contributed by atoms with van der Waals surface area (Å²) < 4.78 is 10.6. The number of hydrogen-bond donors (Lipinski definition) is 0. The van der Waals surface area contributed by atoms with Crippen molar-refractivity contribution in [3.63, 3.8) is 0 Å². The number of hydroxylamine groups is 2. The Kier molecular flexibility index (Phi) is 6.40. The van der Waals surface area contributed by atoms with Gasteiger partial charge in [0.05, 0.1) is 19.8 Å². The lowest BCUT2D eigenvalue weighted by atomic mass is 9.85. The number of rotatable bonds is 7. The first-order valence-electron chi connectivity index (χ1n) is 10.5. The maximum absolute atomic E-state index is 12.5. The molecule has 0 radical (unpaired) electrons. The van der Waals surface area contributed by atoms with Gasteiger partial charge in [-0.15, -0.1) is 5.06 Å². The van der Waals surface area contributed by atoms with Crippen molar-refractivity contribution in [1.82, 2.24) is 5.06 Å². The van der Waals surface area contributed by atoms with E-state index in [1.165, 1.54) is 0 Å². The number of nitrogens with zero attached hydrogens (tertiary/aromatic N) is 1. The first kappa shape index (κ1) is 22.1. The van der Waals surface area contributed by atoms with Crippen LogP contribution in [0.3, 0.4) is 0 Å². The summed E-state index contributed by atoms with van der Waals surface area (Å²) >= 11 is 0. The Morgan fingerprint density at radius 3 is 1.48 bits per heavy atom. The molecule has 0 spiro atoms. The molecule has 7 nitrogen and oxygen atoms in total. The van der Waals surface area contributed by atoms with E-state index < -0.39 is 17.8 Å². The van der Waals surface area contributed by atoms with Gasteiger partial charge >= 0.3 is 5.97 Å². The smallest absolute Gasteiger partial charge is 0.363 e. The third-order valence-electron chi connectivity index (χ3n) is 5.56. The van der Waals surface area contributed by atoms with E-state index >= 15 is 0 Å². The van der Waals surface area contributed by atoms with Crippen molar-refractivity contribution >= 4 is 17.8 Å². The molecule has 0 N–H and O–H groups in total. The molecule has 1 saturated heterocycles. The van der Waals surface area contributed by atoms with Gasteiger partial charge in [-0.1, -0.05) is 36.4 Å². The molecule has 7 heteroatoms. The van der Waals surface area contributed by atoms with Crippen LogP contribution in [0.2, 0.25) is 0 Å². The molecule has 168 valence electrons. The van der Waals surface area contributed by atoms with Crippen LogP contribution in [0, 0.1) is 0 Å². The van der Waals surface area contributed by atoms with Gasteiger partial charge in [-0.05, 0) is 53.1 Å². The van der Waals surface area contributed by atoms with Crippen molar-refractivity contribution in [2.24, 2.45) is 0 Å². The highest BCUT2D eigenvalue weighted by atomic mass is 16.7. The topological polar surface area (TPSA) is 82.1 Å². The van der Waals surface area contributed by atoms with E-state index in [0.29, 0.717) is 5.06 Å². The van der Waals surface area contributed by atoms with Gasteiger partial charge in [0.1, 0.15) is 11.5 Å². The van der Waals surface area contributed by atoms with Crippen molar-refractivity contribution in [3.8, 4) is 11.5 Å². The second kappa shape index (κ2) is 9.56. The van der Waals surface area contributed by atoms with Crippen molar-refractivity contribution < 1.29 is 28.7 Å². The quantitative estimate of drug-likeness (QED) is 0.402. The SMILES string of the molecule is COc1ccc(C(c2ccc(OC)cc2)c2ccc(C(=O)ON3C(=O)CCC3=O)cc2)cc1. The third kappa shape index (κ3) is 4.72. The van der Waals surface area contributed by atoms with E-state index in [1.54, 1.807) is 26.4 Å². The lowest BCUT2D eigenvalue weighted by Crippen LogP contribution is -2.32. The first-order chi connectivity index (χ1) is 16.0. The van der Waals surface area contributed by atoms with Crippen LogP contribution in [-0.4, -0.2) is 37.1 Å². The minimum absolute atomic E-state index is 0.0520. The summed E-state index contributed by atoms with van der Waals surface area (Å²) in [4.78, 5) is 40.9. The molecule has 1 heterocycles. The number of imide groups is 1. The fraction of sp³-hybridized carbons (Fsp3) is 0.192. The van der Waals surface area contributed by atoms with Gasteiger partial charge in [-0.25, -0.2) is 4.79 Å². The Morgan fingerprint density at radius 1 is 0.697 bits per heavy atom. The van der Waals surface area contributed by atoms with Crippen LogP contribution in [0.25, 0.3) is 0 Å². The summed E-state index contributed by atoms with van der Waals surface area (Å²) in [5, 5.41) is 0.549. The van der Waals surface area contributed by atoms with E-state index in [0.717, 1.165) is 28.2 Å². The molecular formula is C26H23NO6. The summed E-state index contributed by atoms with van der Waals surface area (Å²) in [5.74, 6) is -0.357. The fourth-order valence-electron chi connectivity index (χ4n) is 3.78. The molecule has 1 aliphatic rings. The minimum atomic E-state index is -0.754. The summed E-state index contributed by atoms with van der Waals surface area (Å²) in [6.45, 7) is 0. The molecule has 2 amide bonds. The van der Waals surface area contributed by atoms with Crippen molar-refractivity contribution in [1.29, 1.82) is 0 Å². The predicted octanol–water partition coefficient (Wildman–Crippen LogP) is 4.10. The maximum Gasteiger partial charge on any atom is 0.363 e. The molecule has 0 aliphatic carbocycles. The fourth-order valence-corrected chi connectivity index (χ4v) is 3.78. The third-order valence-corrected chi connectivity index (χ3v) is 5.56. The molecule has 0 bridgehead atoms. The van der Waals surface area contributed by atoms with Crippen LogP contribution >= 0.6 is 0 Å². The van der Waals surface area contributed by atoms with Crippen LogP contribution in [0.5, 0.6) is 11.5 Å². The average molecular weight is 445 g/mol. The van der Waals surface area contributed by atoms with Crippen molar-refractivity contribution in [2.45, 2.75) is 18.8 Å². The number of carbonyl (C=O) groups is 3. The second-order valence-corrected chi connectivity index (χ2v) is 7.56. The zero-order chi connectivity index (χ0) is 23.4. The normalized spacial score (nSPS) is 13.4. The lowest BCUT2D eigenvalue weighted by Gasteiger charge is -2.20. The molecule has 33 heavy (non-hydrogen) atoms.